The van der Waals surface area contributed by atoms with Crippen molar-refractivity contribution in [3.8, 4) is 0 Å². The van der Waals surface area contributed by atoms with Crippen molar-refractivity contribution in [3.63, 3.8) is 0 Å². The lowest BCUT2D eigenvalue weighted by Crippen LogP contribution is -2.28. The van der Waals surface area contributed by atoms with Crippen molar-refractivity contribution in [2.45, 2.75) is 56.3 Å². The molecule has 0 aliphatic heterocycles. The van der Waals surface area contributed by atoms with Gasteiger partial charge in [-0.3, -0.25) is 0 Å². The van der Waals surface area contributed by atoms with Gasteiger partial charge in [0.1, 0.15) is 4.21 Å². The van der Waals surface area contributed by atoms with Crippen LogP contribution < -0.4 is 10.0 Å². The molecule has 2 fully saturated rings. The minimum absolute atomic E-state index is 0.190. The molecule has 0 aromatic carbocycles. The molecular formula is C14H22N2O2S2. The highest BCUT2D eigenvalue weighted by molar-refractivity contribution is 7.91. The Labute approximate surface area is 125 Å². The first kappa shape index (κ1) is 14.5. The predicted octanol–water partition coefficient (Wildman–Crippen LogP) is 2.39. The number of rotatable bonds is 7. The molecule has 0 spiro atoms. The molecule has 0 amide bonds. The van der Waals surface area contributed by atoms with Gasteiger partial charge in [0.25, 0.3) is 0 Å². The van der Waals surface area contributed by atoms with Crippen LogP contribution in [-0.4, -0.2) is 21.0 Å². The molecule has 112 valence electrons. The van der Waals surface area contributed by atoms with Crippen LogP contribution in [0.15, 0.2) is 10.3 Å². The third-order valence-corrected chi connectivity index (χ3v) is 7.30. The van der Waals surface area contributed by atoms with E-state index in [4.69, 9.17) is 0 Å². The topological polar surface area (TPSA) is 58.2 Å². The lowest BCUT2D eigenvalue weighted by Gasteiger charge is -2.09. The van der Waals surface area contributed by atoms with Gasteiger partial charge in [-0.15, -0.1) is 11.3 Å². The van der Waals surface area contributed by atoms with Crippen LogP contribution in [0.4, 0.5) is 0 Å². The SMILES string of the molecule is Cc1cc(S(=O)(=O)NCC2(C)CC2)sc1CNC1CC1. The monoisotopic (exact) mass is 314 g/mol. The number of sulfonamides is 1. The van der Waals surface area contributed by atoms with Crippen molar-refractivity contribution >= 4 is 21.4 Å². The highest BCUT2D eigenvalue weighted by Gasteiger charge is 2.38. The van der Waals surface area contributed by atoms with Crippen LogP contribution in [-0.2, 0) is 16.6 Å². The molecule has 0 saturated heterocycles. The standard InChI is InChI=1S/C14H22N2O2S2/c1-10-7-13(19-12(10)8-15-11-3-4-11)20(17,18)16-9-14(2)5-6-14/h7,11,15-16H,3-6,8-9H2,1-2H3. The van der Waals surface area contributed by atoms with Gasteiger partial charge in [0, 0.05) is 24.0 Å². The molecule has 0 radical (unpaired) electrons. The average Bonchev–Trinajstić information content (AvgIpc) is 3.29. The summed E-state index contributed by atoms with van der Waals surface area (Å²) >= 11 is 1.39. The van der Waals surface area contributed by atoms with E-state index in [9.17, 15) is 8.42 Å². The molecule has 6 heteroatoms. The predicted molar refractivity (Wildman–Crippen MR) is 81.4 cm³/mol. The summed E-state index contributed by atoms with van der Waals surface area (Å²) in [4.78, 5) is 1.13. The van der Waals surface area contributed by atoms with Crippen molar-refractivity contribution < 1.29 is 8.42 Å². The van der Waals surface area contributed by atoms with Gasteiger partial charge in [-0.1, -0.05) is 6.92 Å². The van der Waals surface area contributed by atoms with Gasteiger partial charge in [0.15, 0.2) is 0 Å². The zero-order valence-electron chi connectivity index (χ0n) is 12.0. The maximum Gasteiger partial charge on any atom is 0.250 e. The van der Waals surface area contributed by atoms with Crippen molar-refractivity contribution in [2.75, 3.05) is 6.54 Å². The Morgan fingerprint density at radius 2 is 2.10 bits per heavy atom. The minimum atomic E-state index is -3.34. The van der Waals surface area contributed by atoms with Crippen LogP contribution in [0.5, 0.6) is 0 Å². The molecule has 1 aromatic heterocycles. The van der Waals surface area contributed by atoms with Gasteiger partial charge >= 0.3 is 0 Å². The molecule has 2 aliphatic rings. The molecule has 4 nitrogen and oxygen atoms in total. The summed E-state index contributed by atoms with van der Waals surface area (Å²) in [5.41, 5.74) is 1.26. The molecule has 2 saturated carbocycles. The second-order valence-electron chi connectivity index (χ2n) is 6.46. The van der Waals surface area contributed by atoms with Gasteiger partial charge < -0.3 is 5.32 Å². The van der Waals surface area contributed by atoms with Gasteiger partial charge in [-0.25, -0.2) is 13.1 Å². The van der Waals surface area contributed by atoms with E-state index in [2.05, 4.69) is 17.0 Å². The highest BCUT2D eigenvalue weighted by atomic mass is 32.2. The van der Waals surface area contributed by atoms with E-state index in [-0.39, 0.29) is 5.41 Å². The summed E-state index contributed by atoms with van der Waals surface area (Å²) in [6, 6.07) is 2.44. The van der Waals surface area contributed by atoms with Crippen LogP contribution in [0, 0.1) is 12.3 Å². The lowest BCUT2D eigenvalue weighted by atomic mass is 10.2. The molecule has 2 N–H and O–H groups in total. The average molecular weight is 314 g/mol. The zero-order valence-corrected chi connectivity index (χ0v) is 13.7. The molecule has 0 bridgehead atoms. The Morgan fingerprint density at radius 1 is 1.40 bits per heavy atom. The Bertz CT molecular complexity index is 599. The highest BCUT2D eigenvalue weighted by Crippen LogP contribution is 2.44. The maximum absolute atomic E-state index is 12.3. The number of thiophene rings is 1. The molecule has 0 unspecified atom stereocenters. The summed E-state index contributed by atoms with van der Waals surface area (Å²) in [6.07, 6.45) is 4.73. The Kier molecular flexibility index (Phi) is 3.69. The normalized spacial score (nSPS) is 21.1. The molecule has 2 aliphatic carbocycles. The first-order valence-corrected chi connectivity index (χ1v) is 9.50. The largest absolute Gasteiger partial charge is 0.309 e. The molecular weight excluding hydrogens is 292 g/mol. The molecule has 1 heterocycles. The molecule has 0 atom stereocenters. The number of nitrogens with one attached hydrogen (secondary N) is 2. The Morgan fingerprint density at radius 3 is 2.70 bits per heavy atom. The van der Waals surface area contributed by atoms with Gasteiger partial charge in [-0.2, -0.15) is 0 Å². The van der Waals surface area contributed by atoms with Gasteiger partial charge in [-0.05, 0) is 49.7 Å². The second kappa shape index (κ2) is 5.09. The zero-order chi connectivity index (χ0) is 14.4. The van der Waals surface area contributed by atoms with Crippen LogP contribution in [0.2, 0.25) is 0 Å². The fraction of sp³-hybridized carbons (Fsp3) is 0.714. The fourth-order valence-electron chi connectivity index (χ4n) is 2.05. The number of aryl methyl sites for hydroxylation is 1. The molecule has 20 heavy (non-hydrogen) atoms. The minimum Gasteiger partial charge on any atom is -0.309 e. The third-order valence-electron chi connectivity index (χ3n) is 4.18. The number of hydrogen-bond acceptors (Lipinski definition) is 4. The number of hydrogen-bond donors (Lipinski definition) is 2. The third kappa shape index (κ3) is 3.42. The van der Waals surface area contributed by atoms with Crippen molar-refractivity contribution in [1.29, 1.82) is 0 Å². The summed E-state index contributed by atoms with van der Waals surface area (Å²) in [6.45, 7) is 5.46. The second-order valence-corrected chi connectivity index (χ2v) is 9.59. The van der Waals surface area contributed by atoms with Gasteiger partial charge in [0.2, 0.25) is 10.0 Å². The summed E-state index contributed by atoms with van der Waals surface area (Å²) in [5, 5.41) is 3.44. The Hall–Kier alpha value is -0.430. The van der Waals surface area contributed by atoms with E-state index in [0.29, 0.717) is 16.8 Å². The van der Waals surface area contributed by atoms with E-state index in [1.165, 1.54) is 24.2 Å². The maximum atomic E-state index is 12.3. The Balaban J connectivity index is 1.66. The first-order valence-electron chi connectivity index (χ1n) is 7.20. The summed E-state index contributed by atoms with van der Waals surface area (Å²) in [7, 11) is -3.34. The summed E-state index contributed by atoms with van der Waals surface area (Å²) in [5.74, 6) is 0. The van der Waals surface area contributed by atoms with E-state index in [1.807, 2.05) is 6.92 Å². The van der Waals surface area contributed by atoms with E-state index < -0.39 is 10.0 Å². The summed E-state index contributed by atoms with van der Waals surface area (Å²) < 4.78 is 27.8. The van der Waals surface area contributed by atoms with Crippen molar-refractivity contribution in [1.82, 2.24) is 10.0 Å². The van der Waals surface area contributed by atoms with Crippen LogP contribution in [0.3, 0.4) is 0 Å². The molecule has 1 aromatic rings. The van der Waals surface area contributed by atoms with Crippen LogP contribution >= 0.6 is 11.3 Å². The van der Waals surface area contributed by atoms with Crippen LogP contribution in [0.1, 0.15) is 43.0 Å². The fourth-order valence-corrected chi connectivity index (χ4v) is 4.84. The molecule has 3 rings (SSSR count). The smallest absolute Gasteiger partial charge is 0.250 e. The van der Waals surface area contributed by atoms with E-state index in [1.54, 1.807) is 6.07 Å². The quantitative estimate of drug-likeness (QED) is 0.812. The van der Waals surface area contributed by atoms with E-state index >= 15 is 0 Å². The first-order chi connectivity index (χ1) is 9.38. The van der Waals surface area contributed by atoms with E-state index in [0.717, 1.165) is 29.8 Å². The lowest BCUT2D eigenvalue weighted by molar-refractivity contribution is 0.531. The van der Waals surface area contributed by atoms with Crippen LogP contribution in [0.25, 0.3) is 0 Å². The van der Waals surface area contributed by atoms with Crippen molar-refractivity contribution in [3.05, 3.63) is 16.5 Å². The van der Waals surface area contributed by atoms with Crippen molar-refractivity contribution in [2.24, 2.45) is 5.41 Å². The van der Waals surface area contributed by atoms with Gasteiger partial charge in [0.05, 0.1) is 0 Å².